The molecule has 9 heteroatoms. The molecule has 1 saturated carbocycles. The van der Waals surface area contributed by atoms with E-state index >= 15 is 0 Å². The number of rotatable bonds is 4. The number of fused-ring (bicyclic) bond motifs is 1. The third-order valence-electron chi connectivity index (χ3n) is 4.32. The Morgan fingerprint density at radius 3 is 2.61 bits per heavy atom. The highest BCUT2D eigenvalue weighted by molar-refractivity contribution is 5.44. The summed E-state index contributed by atoms with van der Waals surface area (Å²) in [5.41, 5.74) is 5.90. The van der Waals surface area contributed by atoms with Crippen molar-refractivity contribution < 1.29 is 13.2 Å². The second kappa shape index (κ2) is 6.31. The van der Waals surface area contributed by atoms with Gasteiger partial charge in [-0.05, 0) is 30.9 Å². The first-order valence-corrected chi connectivity index (χ1v) is 7.75. The van der Waals surface area contributed by atoms with Gasteiger partial charge in [0, 0.05) is 12.6 Å². The predicted molar refractivity (Wildman–Crippen MR) is 78.8 cm³/mol. The van der Waals surface area contributed by atoms with Crippen molar-refractivity contribution in [1.82, 2.24) is 19.8 Å². The number of hydrogen-bond acceptors (Lipinski definition) is 5. The zero-order chi connectivity index (χ0) is 16.4. The van der Waals surface area contributed by atoms with Crippen LogP contribution in [0.15, 0.2) is 12.1 Å². The van der Waals surface area contributed by atoms with Gasteiger partial charge in [-0.2, -0.15) is 17.7 Å². The highest BCUT2D eigenvalue weighted by atomic mass is 19.4. The summed E-state index contributed by atoms with van der Waals surface area (Å²) in [4.78, 5) is 0. The van der Waals surface area contributed by atoms with Crippen LogP contribution >= 0.6 is 0 Å². The summed E-state index contributed by atoms with van der Waals surface area (Å²) in [5.74, 6) is -0.351. The van der Waals surface area contributed by atoms with Crippen molar-refractivity contribution >= 4 is 11.5 Å². The first kappa shape index (κ1) is 16.0. The lowest BCUT2D eigenvalue weighted by molar-refractivity contribution is -0.146. The average molecular weight is 328 g/mol. The number of aromatic nitrogens is 4. The van der Waals surface area contributed by atoms with Crippen LogP contribution in [0.5, 0.6) is 0 Å². The first-order valence-electron chi connectivity index (χ1n) is 7.75. The van der Waals surface area contributed by atoms with Gasteiger partial charge in [-0.25, -0.2) is 0 Å². The molecule has 126 valence electrons. The van der Waals surface area contributed by atoms with Crippen LogP contribution in [0.1, 0.15) is 37.9 Å². The molecule has 0 amide bonds. The minimum Gasteiger partial charge on any atom is -0.364 e. The van der Waals surface area contributed by atoms with Crippen LogP contribution in [0.3, 0.4) is 0 Å². The van der Waals surface area contributed by atoms with E-state index in [-0.39, 0.29) is 11.7 Å². The van der Waals surface area contributed by atoms with Crippen molar-refractivity contribution in [3.63, 3.8) is 0 Å². The number of nitrogens with zero attached hydrogens (tertiary/aromatic N) is 4. The Morgan fingerprint density at radius 1 is 1.22 bits per heavy atom. The Hall–Kier alpha value is -1.90. The molecular weight excluding hydrogens is 309 g/mol. The van der Waals surface area contributed by atoms with Gasteiger partial charge >= 0.3 is 6.18 Å². The fourth-order valence-corrected chi connectivity index (χ4v) is 3.14. The molecule has 3 N–H and O–H groups in total. The molecule has 2 heterocycles. The minimum absolute atomic E-state index is 0.00562. The molecule has 1 aliphatic carbocycles. The maximum Gasteiger partial charge on any atom is 0.453 e. The van der Waals surface area contributed by atoms with E-state index in [1.807, 2.05) is 0 Å². The monoisotopic (exact) mass is 328 g/mol. The van der Waals surface area contributed by atoms with Crippen molar-refractivity contribution in [3.8, 4) is 0 Å². The van der Waals surface area contributed by atoms with Gasteiger partial charge in [-0.3, -0.25) is 0 Å². The maximum absolute atomic E-state index is 12.9. The lowest BCUT2D eigenvalue weighted by atomic mass is 9.84. The van der Waals surface area contributed by atoms with Gasteiger partial charge in [0.25, 0.3) is 5.82 Å². The molecule has 0 spiro atoms. The molecule has 0 aliphatic heterocycles. The molecule has 0 aromatic carbocycles. The van der Waals surface area contributed by atoms with E-state index in [2.05, 4.69) is 20.6 Å². The quantitative estimate of drug-likeness (QED) is 0.901. The molecule has 1 atom stereocenters. The van der Waals surface area contributed by atoms with Crippen molar-refractivity contribution in [2.75, 3.05) is 11.9 Å². The summed E-state index contributed by atoms with van der Waals surface area (Å²) in [6, 6.07) is 3.08. The smallest absolute Gasteiger partial charge is 0.364 e. The van der Waals surface area contributed by atoms with Crippen LogP contribution < -0.4 is 11.1 Å². The topological polar surface area (TPSA) is 81.1 Å². The second-order valence-electron chi connectivity index (χ2n) is 5.89. The molecule has 2 aromatic rings. The SMILES string of the molecule is NCC(Nc1ccc2nnc(C(F)(F)F)n2n1)C1CCCCC1. The van der Waals surface area contributed by atoms with Gasteiger partial charge in [-0.1, -0.05) is 19.3 Å². The number of nitrogens with two attached hydrogens (primary N) is 1. The zero-order valence-corrected chi connectivity index (χ0v) is 12.6. The van der Waals surface area contributed by atoms with Gasteiger partial charge in [0.1, 0.15) is 5.82 Å². The van der Waals surface area contributed by atoms with E-state index in [1.54, 1.807) is 6.07 Å². The minimum atomic E-state index is -4.60. The summed E-state index contributed by atoms with van der Waals surface area (Å²) >= 11 is 0. The van der Waals surface area contributed by atoms with Crippen LogP contribution in [0.4, 0.5) is 19.0 Å². The third kappa shape index (κ3) is 3.39. The van der Waals surface area contributed by atoms with Gasteiger partial charge in [0.05, 0.1) is 0 Å². The summed E-state index contributed by atoms with van der Waals surface area (Å²) in [7, 11) is 0. The highest BCUT2D eigenvalue weighted by Gasteiger charge is 2.37. The number of nitrogens with one attached hydrogen (secondary N) is 1. The average Bonchev–Trinajstić information content (AvgIpc) is 2.96. The van der Waals surface area contributed by atoms with Crippen LogP contribution in [-0.4, -0.2) is 32.4 Å². The maximum atomic E-state index is 12.9. The van der Waals surface area contributed by atoms with Gasteiger partial charge in [0.15, 0.2) is 5.65 Å². The van der Waals surface area contributed by atoms with E-state index in [9.17, 15) is 13.2 Å². The van der Waals surface area contributed by atoms with E-state index in [0.717, 1.165) is 17.4 Å². The van der Waals surface area contributed by atoms with E-state index < -0.39 is 12.0 Å². The Morgan fingerprint density at radius 2 is 1.96 bits per heavy atom. The highest BCUT2D eigenvalue weighted by Crippen LogP contribution is 2.29. The van der Waals surface area contributed by atoms with Crippen LogP contribution in [0, 0.1) is 5.92 Å². The van der Waals surface area contributed by atoms with Crippen LogP contribution in [-0.2, 0) is 6.18 Å². The second-order valence-corrected chi connectivity index (χ2v) is 5.89. The Bertz CT molecular complexity index is 662. The summed E-state index contributed by atoms with van der Waals surface area (Å²) < 4.78 is 39.4. The summed E-state index contributed by atoms with van der Waals surface area (Å²) in [5, 5.41) is 13.8. The number of alkyl halides is 3. The Balaban J connectivity index is 1.84. The largest absolute Gasteiger partial charge is 0.453 e. The predicted octanol–water partition coefficient (Wildman–Crippen LogP) is 2.46. The van der Waals surface area contributed by atoms with Crippen molar-refractivity contribution in [2.45, 2.75) is 44.3 Å². The molecule has 0 radical (unpaired) electrons. The molecule has 3 rings (SSSR count). The summed E-state index contributed by atoms with van der Waals surface area (Å²) in [6.45, 7) is 0.415. The van der Waals surface area contributed by atoms with Crippen molar-refractivity contribution in [3.05, 3.63) is 18.0 Å². The Kier molecular flexibility index (Phi) is 4.38. The lowest BCUT2D eigenvalue weighted by Crippen LogP contribution is -2.37. The fourth-order valence-electron chi connectivity index (χ4n) is 3.14. The van der Waals surface area contributed by atoms with Crippen molar-refractivity contribution in [1.29, 1.82) is 0 Å². The summed E-state index contributed by atoms with van der Waals surface area (Å²) in [6.07, 6.45) is 1.13. The third-order valence-corrected chi connectivity index (χ3v) is 4.32. The molecule has 0 bridgehead atoms. The number of halogens is 3. The van der Waals surface area contributed by atoms with Crippen LogP contribution in [0.25, 0.3) is 5.65 Å². The normalized spacial score (nSPS) is 18.3. The molecule has 0 saturated heterocycles. The van der Waals surface area contributed by atoms with Crippen molar-refractivity contribution in [2.24, 2.45) is 11.7 Å². The molecule has 1 fully saturated rings. The standard InChI is InChI=1S/C14H19F3N6/c15-14(16,17)13-21-20-12-7-6-11(22-23(12)13)19-10(8-18)9-4-2-1-3-5-9/h6-7,9-10H,1-5,8,18H2,(H,19,22). The van der Waals surface area contributed by atoms with Crippen LogP contribution in [0.2, 0.25) is 0 Å². The molecule has 23 heavy (non-hydrogen) atoms. The van der Waals surface area contributed by atoms with E-state index in [1.165, 1.54) is 25.3 Å². The first-order chi connectivity index (χ1) is 11.0. The zero-order valence-electron chi connectivity index (χ0n) is 12.6. The van der Waals surface area contributed by atoms with E-state index in [4.69, 9.17) is 5.73 Å². The number of anilines is 1. The fraction of sp³-hybridized carbons (Fsp3) is 0.643. The Labute approximate surface area is 131 Å². The molecular formula is C14H19F3N6. The van der Waals surface area contributed by atoms with Gasteiger partial charge < -0.3 is 11.1 Å². The number of hydrogen-bond donors (Lipinski definition) is 2. The molecule has 1 unspecified atom stereocenters. The van der Waals surface area contributed by atoms with E-state index in [0.29, 0.717) is 18.3 Å². The molecule has 2 aromatic heterocycles. The molecule has 6 nitrogen and oxygen atoms in total. The molecule has 1 aliphatic rings. The lowest BCUT2D eigenvalue weighted by Gasteiger charge is -2.30. The van der Waals surface area contributed by atoms with Gasteiger partial charge in [0.2, 0.25) is 0 Å². The van der Waals surface area contributed by atoms with Gasteiger partial charge in [-0.15, -0.1) is 15.3 Å².